The molecule has 1 unspecified atom stereocenters. The fourth-order valence-corrected chi connectivity index (χ4v) is 2.50. The van der Waals surface area contributed by atoms with Crippen LogP contribution in [-0.4, -0.2) is 33.7 Å². The number of carbonyl (C=O) groups is 1. The Kier molecular flexibility index (Phi) is 3.90. The Labute approximate surface area is 108 Å². The summed E-state index contributed by atoms with van der Waals surface area (Å²) in [6.07, 6.45) is -2.03. The Morgan fingerprint density at radius 2 is 2.11 bits per heavy atom. The van der Waals surface area contributed by atoms with Gasteiger partial charge in [-0.2, -0.15) is 0 Å². The molecule has 1 aliphatic heterocycles. The van der Waals surface area contributed by atoms with Crippen LogP contribution in [0.5, 0.6) is 5.75 Å². The molecule has 1 aromatic rings. The van der Waals surface area contributed by atoms with Gasteiger partial charge in [0.2, 0.25) is 0 Å². The number of ether oxygens (including phenoxy) is 2. The maximum absolute atomic E-state index is 12.8. The minimum atomic E-state index is -3.17. The molecule has 2 rings (SSSR count). The van der Waals surface area contributed by atoms with Crippen LogP contribution in [0.15, 0.2) is 18.2 Å². The largest absolute Gasteiger partial charge is 0.514 e. The van der Waals surface area contributed by atoms with Gasteiger partial charge < -0.3 is 18.6 Å². The van der Waals surface area contributed by atoms with Gasteiger partial charge in [-0.3, -0.25) is 4.18 Å². The molecule has 0 radical (unpaired) electrons. The van der Waals surface area contributed by atoms with E-state index in [-0.39, 0.29) is 18.1 Å². The zero-order valence-electron chi connectivity index (χ0n) is 9.42. The Bertz CT molecular complexity index is 495. The van der Waals surface area contributed by atoms with Crippen LogP contribution in [0.4, 0.5) is 13.6 Å². The van der Waals surface area contributed by atoms with Crippen LogP contribution in [0.1, 0.15) is 0 Å². The fraction of sp³-hybridized carbons (Fsp3) is 0.300. The molecule has 1 fully saturated rings. The average Bonchev–Trinajstić information content (AvgIpc) is 2.63. The highest BCUT2D eigenvalue weighted by atomic mass is 32.3. The maximum Gasteiger partial charge on any atom is 0.514 e. The highest BCUT2D eigenvalue weighted by Crippen LogP contribution is 2.45. The molecule has 0 amide bonds. The molecule has 9 heteroatoms. The fourth-order valence-electron chi connectivity index (χ4n) is 1.39. The van der Waals surface area contributed by atoms with Gasteiger partial charge >= 0.3 is 6.16 Å². The predicted octanol–water partition coefficient (Wildman–Crippen LogP) is 2.54. The van der Waals surface area contributed by atoms with Crippen molar-refractivity contribution in [1.29, 1.82) is 0 Å². The van der Waals surface area contributed by atoms with Crippen LogP contribution in [-0.2, 0) is 8.92 Å². The van der Waals surface area contributed by atoms with Crippen LogP contribution < -0.4 is 4.74 Å². The third-order valence-corrected chi connectivity index (χ3v) is 3.52. The van der Waals surface area contributed by atoms with Crippen LogP contribution in [0.25, 0.3) is 0 Å². The normalized spacial score (nSPS) is 22.8. The van der Waals surface area contributed by atoms with Crippen molar-refractivity contribution in [1.82, 2.24) is 0 Å². The van der Waals surface area contributed by atoms with E-state index in [0.717, 1.165) is 12.1 Å². The summed E-state index contributed by atoms with van der Waals surface area (Å²) < 4.78 is 57.6. The molecule has 1 saturated heterocycles. The highest BCUT2D eigenvalue weighted by Gasteiger charge is 2.35. The van der Waals surface area contributed by atoms with Crippen LogP contribution in [0, 0.1) is 11.6 Å². The second kappa shape index (κ2) is 5.29. The number of rotatable bonds is 2. The van der Waals surface area contributed by atoms with Crippen molar-refractivity contribution in [2.45, 2.75) is 6.10 Å². The summed E-state index contributed by atoms with van der Waals surface area (Å²) in [7, 11) is -3.17. The van der Waals surface area contributed by atoms with Crippen molar-refractivity contribution in [3.8, 4) is 5.75 Å². The SMILES string of the molecule is O=C(Oc1ccc(F)c(F)c1)OC1COS(O)(O)C1. The Balaban J connectivity index is 1.89. The molecule has 2 N–H and O–H groups in total. The van der Waals surface area contributed by atoms with Crippen molar-refractivity contribution >= 4 is 17.0 Å². The average molecular weight is 296 g/mol. The third-order valence-electron chi connectivity index (χ3n) is 2.20. The van der Waals surface area contributed by atoms with Gasteiger partial charge in [-0.25, -0.2) is 13.6 Å². The Hall–Kier alpha value is -1.42. The molecule has 1 heterocycles. The lowest BCUT2D eigenvalue weighted by Gasteiger charge is -2.17. The number of carbonyl (C=O) groups excluding carboxylic acids is 1. The molecule has 19 heavy (non-hydrogen) atoms. The summed E-state index contributed by atoms with van der Waals surface area (Å²) in [4.78, 5) is 11.3. The number of benzene rings is 1. The summed E-state index contributed by atoms with van der Waals surface area (Å²) in [5, 5.41) is 0. The summed E-state index contributed by atoms with van der Waals surface area (Å²) in [5.74, 6) is -2.71. The predicted molar refractivity (Wildman–Crippen MR) is 60.9 cm³/mol. The molecule has 0 bridgehead atoms. The highest BCUT2D eigenvalue weighted by molar-refractivity contribution is 8.20. The van der Waals surface area contributed by atoms with Gasteiger partial charge in [0.1, 0.15) is 18.5 Å². The van der Waals surface area contributed by atoms with Crippen molar-refractivity contribution in [3.05, 3.63) is 29.8 Å². The first-order valence-corrected chi connectivity index (χ1v) is 6.73. The van der Waals surface area contributed by atoms with E-state index in [9.17, 15) is 13.6 Å². The number of hydrogen-bond donors (Lipinski definition) is 2. The van der Waals surface area contributed by atoms with E-state index in [1.807, 2.05) is 0 Å². The Morgan fingerprint density at radius 3 is 2.68 bits per heavy atom. The molecule has 106 valence electrons. The first-order valence-electron chi connectivity index (χ1n) is 5.09. The second-order valence-corrected chi connectivity index (χ2v) is 5.51. The van der Waals surface area contributed by atoms with Crippen molar-refractivity contribution in [2.24, 2.45) is 0 Å². The van der Waals surface area contributed by atoms with Gasteiger partial charge in [-0.1, -0.05) is 0 Å². The minimum absolute atomic E-state index is 0.171. The van der Waals surface area contributed by atoms with Gasteiger partial charge in [-0.05, 0) is 12.1 Å². The number of hydrogen-bond acceptors (Lipinski definition) is 6. The van der Waals surface area contributed by atoms with Gasteiger partial charge in [-0.15, -0.1) is 0 Å². The molecular weight excluding hydrogens is 286 g/mol. The standard InChI is InChI=1S/C10H10F2O6S/c11-8-2-1-6(3-9(8)12)17-10(13)18-7-4-16-19(14,15)5-7/h1-3,7,14-15H,4-5H2. The molecule has 0 aromatic heterocycles. The van der Waals surface area contributed by atoms with Crippen LogP contribution in [0.2, 0.25) is 0 Å². The van der Waals surface area contributed by atoms with E-state index in [2.05, 4.69) is 8.92 Å². The van der Waals surface area contributed by atoms with E-state index >= 15 is 0 Å². The quantitative estimate of drug-likeness (QED) is 0.644. The van der Waals surface area contributed by atoms with Crippen molar-refractivity contribution in [3.63, 3.8) is 0 Å². The van der Waals surface area contributed by atoms with Crippen molar-refractivity contribution in [2.75, 3.05) is 12.4 Å². The Morgan fingerprint density at radius 1 is 1.37 bits per heavy atom. The smallest absolute Gasteiger partial charge is 0.427 e. The van der Waals surface area contributed by atoms with Crippen molar-refractivity contribution < 1.29 is 36.3 Å². The van der Waals surface area contributed by atoms with E-state index in [4.69, 9.17) is 13.8 Å². The van der Waals surface area contributed by atoms with Crippen LogP contribution >= 0.6 is 10.9 Å². The zero-order valence-corrected chi connectivity index (χ0v) is 10.2. The first kappa shape index (κ1) is 14.0. The van der Waals surface area contributed by atoms with E-state index in [1.165, 1.54) is 0 Å². The lowest BCUT2D eigenvalue weighted by Crippen LogP contribution is -2.23. The molecule has 6 nitrogen and oxygen atoms in total. The monoisotopic (exact) mass is 296 g/mol. The lowest BCUT2D eigenvalue weighted by molar-refractivity contribution is 0.0568. The van der Waals surface area contributed by atoms with Gasteiger partial charge in [0.15, 0.2) is 11.6 Å². The summed E-state index contributed by atoms with van der Waals surface area (Å²) >= 11 is 0. The zero-order chi connectivity index (χ0) is 14.0. The van der Waals surface area contributed by atoms with Gasteiger partial charge in [0, 0.05) is 6.07 Å². The summed E-state index contributed by atoms with van der Waals surface area (Å²) in [6, 6.07) is 2.54. The molecule has 0 aliphatic carbocycles. The second-order valence-electron chi connectivity index (χ2n) is 3.73. The van der Waals surface area contributed by atoms with Crippen LogP contribution in [0.3, 0.4) is 0 Å². The number of halogens is 2. The molecule has 1 aromatic carbocycles. The topological polar surface area (TPSA) is 85.2 Å². The third kappa shape index (κ3) is 3.77. The van der Waals surface area contributed by atoms with E-state index in [0.29, 0.717) is 6.07 Å². The molecule has 0 spiro atoms. The first-order chi connectivity index (χ1) is 8.85. The van der Waals surface area contributed by atoms with Gasteiger partial charge in [0.25, 0.3) is 0 Å². The maximum atomic E-state index is 12.8. The summed E-state index contributed by atoms with van der Waals surface area (Å²) in [5.41, 5.74) is 0. The summed E-state index contributed by atoms with van der Waals surface area (Å²) in [6.45, 7) is -0.171. The molecule has 1 aliphatic rings. The van der Waals surface area contributed by atoms with E-state index < -0.39 is 34.8 Å². The van der Waals surface area contributed by atoms with Gasteiger partial charge in [0.05, 0.1) is 16.6 Å². The molecule has 1 atom stereocenters. The minimum Gasteiger partial charge on any atom is -0.427 e. The van der Waals surface area contributed by atoms with E-state index in [1.54, 1.807) is 0 Å². The molecule has 0 saturated carbocycles. The molecular formula is C10H10F2O6S. The lowest BCUT2D eigenvalue weighted by atomic mass is 10.3.